The summed E-state index contributed by atoms with van der Waals surface area (Å²) in [6.45, 7) is 1.85. The van der Waals surface area contributed by atoms with E-state index in [0.29, 0.717) is 6.42 Å². The number of nitrogens with zero attached hydrogens (tertiary/aromatic N) is 1. The molecule has 0 spiro atoms. The van der Waals surface area contributed by atoms with Gasteiger partial charge in [-0.15, -0.1) is 0 Å². The first-order valence-corrected chi connectivity index (χ1v) is 4.07. The third-order valence-corrected chi connectivity index (χ3v) is 1.90. The molecule has 0 radical (unpaired) electrons. The molecule has 0 unspecified atom stereocenters. The van der Waals surface area contributed by atoms with Crippen molar-refractivity contribution in [2.45, 2.75) is 13.3 Å². The Bertz CT molecular complexity index is 386. The van der Waals surface area contributed by atoms with Crippen LogP contribution in [0.15, 0.2) is 18.2 Å². The van der Waals surface area contributed by atoms with Crippen molar-refractivity contribution in [3.05, 3.63) is 39.4 Å². The van der Waals surface area contributed by atoms with Crippen LogP contribution in [0.2, 0.25) is 0 Å². The van der Waals surface area contributed by atoms with Crippen molar-refractivity contribution in [3.8, 4) is 0 Å². The molecule has 5 nitrogen and oxygen atoms in total. The summed E-state index contributed by atoms with van der Waals surface area (Å²) in [7, 11) is 0. The Kier molecular flexibility index (Phi) is 2.81. The van der Waals surface area contributed by atoms with Crippen LogP contribution < -0.4 is 0 Å². The molecular formula is C9H9NO4. The van der Waals surface area contributed by atoms with Crippen LogP contribution in [0.4, 0.5) is 5.69 Å². The number of hydrogen-bond donors (Lipinski definition) is 1. The Morgan fingerprint density at radius 3 is 2.64 bits per heavy atom. The molecule has 0 saturated carbocycles. The zero-order valence-corrected chi connectivity index (χ0v) is 7.56. The quantitative estimate of drug-likeness (QED) is 0.589. The minimum absolute atomic E-state index is 0.271. The minimum atomic E-state index is -1.28. The predicted octanol–water partition coefficient (Wildman–Crippen LogP) is 1.86. The van der Waals surface area contributed by atoms with Crippen LogP contribution in [0, 0.1) is 10.1 Å². The fourth-order valence-corrected chi connectivity index (χ4v) is 1.13. The van der Waals surface area contributed by atoms with Crippen LogP contribution in [-0.4, -0.2) is 16.0 Å². The van der Waals surface area contributed by atoms with E-state index in [-0.39, 0.29) is 11.3 Å². The van der Waals surface area contributed by atoms with Gasteiger partial charge < -0.3 is 5.11 Å². The number of benzene rings is 1. The average molecular weight is 195 g/mol. The molecule has 0 heterocycles. The molecule has 0 saturated heterocycles. The monoisotopic (exact) mass is 195 g/mol. The van der Waals surface area contributed by atoms with Crippen molar-refractivity contribution >= 4 is 11.7 Å². The van der Waals surface area contributed by atoms with Gasteiger partial charge >= 0.3 is 5.97 Å². The second-order valence-electron chi connectivity index (χ2n) is 2.77. The maximum atomic E-state index is 10.6. The zero-order valence-electron chi connectivity index (χ0n) is 7.56. The van der Waals surface area contributed by atoms with E-state index in [1.165, 1.54) is 12.1 Å². The molecule has 1 rings (SSSR count). The average Bonchev–Trinajstić information content (AvgIpc) is 2.16. The lowest BCUT2D eigenvalue weighted by molar-refractivity contribution is -0.385. The molecule has 1 N–H and O–H groups in total. The fourth-order valence-electron chi connectivity index (χ4n) is 1.13. The van der Waals surface area contributed by atoms with Gasteiger partial charge in [0, 0.05) is 6.07 Å². The number of carboxylic acid groups (broad SMARTS) is 1. The van der Waals surface area contributed by atoms with Gasteiger partial charge in [-0.3, -0.25) is 10.1 Å². The van der Waals surface area contributed by atoms with Crippen molar-refractivity contribution < 1.29 is 14.8 Å². The van der Waals surface area contributed by atoms with Crippen molar-refractivity contribution in [2.75, 3.05) is 0 Å². The molecule has 0 bridgehead atoms. The van der Waals surface area contributed by atoms with Gasteiger partial charge in [0.25, 0.3) is 5.69 Å². The van der Waals surface area contributed by atoms with Crippen LogP contribution in [0.3, 0.4) is 0 Å². The molecule has 0 aromatic heterocycles. The number of carbonyl (C=O) groups is 1. The third-order valence-electron chi connectivity index (χ3n) is 1.90. The van der Waals surface area contributed by atoms with Crippen LogP contribution in [0.1, 0.15) is 22.8 Å². The maximum absolute atomic E-state index is 10.6. The minimum Gasteiger partial charge on any atom is -0.477 e. The van der Waals surface area contributed by atoms with Gasteiger partial charge in [-0.05, 0) is 18.1 Å². The molecule has 0 fully saturated rings. The molecule has 0 aliphatic rings. The van der Waals surface area contributed by atoms with E-state index in [1.807, 2.05) is 6.92 Å². The number of carboxylic acids is 1. The standard InChI is InChI=1S/C9H9NO4/c1-2-6-3-4-7(9(11)12)8(5-6)10(13)14/h3-5H,2H2,1H3,(H,11,12). The van der Waals surface area contributed by atoms with Crippen molar-refractivity contribution in [1.82, 2.24) is 0 Å². The summed E-state index contributed by atoms with van der Waals surface area (Å²) >= 11 is 0. The molecule has 1 aromatic carbocycles. The van der Waals surface area contributed by atoms with E-state index in [0.717, 1.165) is 5.56 Å². The first-order valence-electron chi connectivity index (χ1n) is 4.07. The van der Waals surface area contributed by atoms with Gasteiger partial charge in [-0.25, -0.2) is 4.79 Å². The lowest BCUT2D eigenvalue weighted by Crippen LogP contribution is -2.03. The molecule has 14 heavy (non-hydrogen) atoms. The molecule has 5 heteroatoms. The lowest BCUT2D eigenvalue weighted by atomic mass is 10.1. The Labute approximate surface area is 80.1 Å². The molecule has 0 amide bonds. The predicted molar refractivity (Wildman–Crippen MR) is 49.4 cm³/mol. The maximum Gasteiger partial charge on any atom is 0.342 e. The lowest BCUT2D eigenvalue weighted by Gasteiger charge is -2.00. The number of nitro benzene ring substituents is 1. The molecular weight excluding hydrogens is 186 g/mol. The molecule has 0 atom stereocenters. The topological polar surface area (TPSA) is 80.4 Å². The van der Waals surface area contributed by atoms with Crippen LogP contribution in [0.5, 0.6) is 0 Å². The third kappa shape index (κ3) is 1.87. The molecule has 1 aromatic rings. The van der Waals surface area contributed by atoms with Crippen molar-refractivity contribution in [3.63, 3.8) is 0 Å². The Morgan fingerprint density at radius 2 is 2.21 bits per heavy atom. The van der Waals surface area contributed by atoms with E-state index >= 15 is 0 Å². The normalized spacial score (nSPS) is 9.79. The summed E-state index contributed by atoms with van der Waals surface area (Å²) in [5, 5.41) is 19.2. The zero-order chi connectivity index (χ0) is 10.7. The van der Waals surface area contributed by atoms with E-state index < -0.39 is 10.9 Å². The fraction of sp³-hybridized carbons (Fsp3) is 0.222. The van der Waals surface area contributed by atoms with E-state index in [9.17, 15) is 14.9 Å². The second kappa shape index (κ2) is 3.87. The number of aryl methyl sites for hydroxylation is 1. The van der Waals surface area contributed by atoms with E-state index in [2.05, 4.69) is 0 Å². The van der Waals surface area contributed by atoms with Gasteiger partial charge in [-0.2, -0.15) is 0 Å². The van der Waals surface area contributed by atoms with Gasteiger partial charge in [0.15, 0.2) is 0 Å². The van der Waals surface area contributed by atoms with Crippen molar-refractivity contribution in [2.24, 2.45) is 0 Å². The number of hydrogen-bond acceptors (Lipinski definition) is 3. The summed E-state index contributed by atoms with van der Waals surface area (Å²) in [6.07, 6.45) is 0.640. The Morgan fingerprint density at radius 1 is 1.57 bits per heavy atom. The smallest absolute Gasteiger partial charge is 0.342 e. The Balaban J connectivity index is 3.31. The summed E-state index contributed by atoms with van der Waals surface area (Å²) in [4.78, 5) is 20.5. The highest BCUT2D eigenvalue weighted by Gasteiger charge is 2.19. The van der Waals surface area contributed by atoms with E-state index in [1.54, 1.807) is 6.07 Å². The molecule has 0 aliphatic carbocycles. The van der Waals surface area contributed by atoms with Crippen LogP contribution >= 0.6 is 0 Å². The van der Waals surface area contributed by atoms with E-state index in [4.69, 9.17) is 5.11 Å². The summed E-state index contributed by atoms with van der Waals surface area (Å²) in [5.74, 6) is -1.28. The highest BCUT2D eigenvalue weighted by molar-refractivity contribution is 5.92. The van der Waals surface area contributed by atoms with Gasteiger partial charge in [-0.1, -0.05) is 13.0 Å². The highest BCUT2D eigenvalue weighted by atomic mass is 16.6. The SMILES string of the molecule is CCc1ccc(C(=O)O)c([N+](=O)[O-])c1. The summed E-state index contributed by atoms with van der Waals surface area (Å²) < 4.78 is 0. The summed E-state index contributed by atoms with van der Waals surface area (Å²) in [6, 6.07) is 4.14. The second-order valence-corrected chi connectivity index (χ2v) is 2.77. The summed E-state index contributed by atoms with van der Waals surface area (Å²) in [5.41, 5.74) is 0.130. The molecule has 0 aliphatic heterocycles. The number of rotatable bonds is 3. The van der Waals surface area contributed by atoms with Crippen LogP contribution in [0.25, 0.3) is 0 Å². The van der Waals surface area contributed by atoms with Gasteiger partial charge in [0.2, 0.25) is 0 Å². The Hall–Kier alpha value is -1.91. The highest BCUT2D eigenvalue weighted by Crippen LogP contribution is 2.20. The van der Waals surface area contributed by atoms with Crippen molar-refractivity contribution in [1.29, 1.82) is 0 Å². The molecule has 74 valence electrons. The largest absolute Gasteiger partial charge is 0.477 e. The number of aromatic carboxylic acids is 1. The van der Waals surface area contributed by atoms with Gasteiger partial charge in [0.05, 0.1) is 4.92 Å². The van der Waals surface area contributed by atoms with Gasteiger partial charge in [0.1, 0.15) is 5.56 Å². The first kappa shape index (κ1) is 10.2. The van der Waals surface area contributed by atoms with Crippen LogP contribution in [-0.2, 0) is 6.42 Å². The number of nitro groups is 1. The first-order chi connectivity index (χ1) is 6.56.